The first-order chi connectivity index (χ1) is 5.52. The summed E-state index contributed by atoms with van der Waals surface area (Å²) < 4.78 is 35.5. The highest BCUT2D eigenvalue weighted by Gasteiger charge is 2.39. The summed E-state index contributed by atoms with van der Waals surface area (Å²) in [6, 6.07) is 1.13. The summed E-state index contributed by atoms with van der Waals surface area (Å²) in [7, 11) is 0. The summed E-state index contributed by atoms with van der Waals surface area (Å²) in [5, 5.41) is 18.6. The Balaban J connectivity index is 3.79. The summed E-state index contributed by atoms with van der Waals surface area (Å²) in [5.41, 5.74) is 0. The van der Waals surface area contributed by atoms with E-state index in [2.05, 4.69) is 5.32 Å². The third kappa shape index (κ3) is 4.16. The van der Waals surface area contributed by atoms with Crippen molar-refractivity contribution >= 4 is 0 Å². The molecule has 0 aromatic carbocycles. The SMILES string of the molecule is N#CC(CNCCO)C(F)(F)F. The van der Waals surface area contributed by atoms with Crippen molar-refractivity contribution in [2.24, 2.45) is 5.92 Å². The van der Waals surface area contributed by atoms with E-state index < -0.39 is 18.6 Å². The van der Waals surface area contributed by atoms with Gasteiger partial charge in [0.25, 0.3) is 0 Å². The highest BCUT2D eigenvalue weighted by molar-refractivity contribution is 4.89. The molecule has 1 unspecified atom stereocenters. The highest BCUT2D eigenvalue weighted by Crippen LogP contribution is 2.24. The number of rotatable bonds is 4. The van der Waals surface area contributed by atoms with Crippen LogP contribution < -0.4 is 5.32 Å². The molecule has 0 heterocycles. The first-order valence-corrected chi connectivity index (χ1v) is 3.30. The van der Waals surface area contributed by atoms with Gasteiger partial charge in [0.1, 0.15) is 0 Å². The summed E-state index contributed by atoms with van der Waals surface area (Å²) in [5.74, 6) is -2.00. The van der Waals surface area contributed by atoms with Gasteiger partial charge in [-0.2, -0.15) is 18.4 Å². The first-order valence-electron chi connectivity index (χ1n) is 3.30. The maximum absolute atomic E-state index is 11.8. The lowest BCUT2D eigenvalue weighted by Gasteiger charge is -2.12. The predicted molar refractivity (Wildman–Crippen MR) is 35.1 cm³/mol. The molecule has 0 saturated carbocycles. The van der Waals surface area contributed by atoms with Crippen LogP contribution in [0.3, 0.4) is 0 Å². The third-order valence-electron chi connectivity index (χ3n) is 1.19. The molecule has 0 fully saturated rings. The van der Waals surface area contributed by atoms with Crippen molar-refractivity contribution in [3.63, 3.8) is 0 Å². The molecule has 2 N–H and O–H groups in total. The number of halogens is 3. The average Bonchev–Trinajstić information content (AvgIpc) is 1.95. The van der Waals surface area contributed by atoms with E-state index in [1.807, 2.05) is 0 Å². The Morgan fingerprint density at radius 2 is 2.08 bits per heavy atom. The van der Waals surface area contributed by atoms with Crippen molar-refractivity contribution < 1.29 is 18.3 Å². The summed E-state index contributed by atoms with van der Waals surface area (Å²) in [6.45, 7) is -0.648. The quantitative estimate of drug-likeness (QED) is 0.613. The highest BCUT2D eigenvalue weighted by atomic mass is 19.4. The molecule has 0 aromatic rings. The molecule has 0 bridgehead atoms. The normalized spacial score (nSPS) is 13.9. The van der Waals surface area contributed by atoms with Crippen molar-refractivity contribution in [1.82, 2.24) is 5.32 Å². The second-order valence-corrected chi connectivity index (χ2v) is 2.15. The Kier molecular flexibility index (Phi) is 4.62. The van der Waals surface area contributed by atoms with Crippen molar-refractivity contribution in [2.75, 3.05) is 19.7 Å². The van der Waals surface area contributed by atoms with E-state index in [9.17, 15) is 13.2 Å². The summed E-state index contributed by atoms with van der Waals surface area (Å²) >= 11 is 0. The first kappa shape index (κ1) is 11.2. The molecule has 0 spiro atoms. The van der Waals surface area contributed by atoms with Gasteiger partial charge >= 0.3 is 6.18 Å². The monoisotopic (exact) mass is 182 g/mol. The number of nitrogens with one attached hydrogen (secondary N) is 1. The molecule has 0 radical (unpaired) electrons. The van der Waals surface area contributed by atoms with Crippen LogP contribution in [0.4, 0.5) is 13.2 Å². The van der Waals surface area contributed by atoms with Gasteiger partial charge in [0.15, 0.2) is 5.92 Å². The molecule has 0 aliphatic heterocycles. The molecule has 0 aliphatic carbocycles. The minimum Gasteiger partial charge on any atom is -0.395 e. The number of hydrogen-bond donors (Lipinski definition) is 2. The van der Waals surface area contributed by atoms with E-state index in [1.54, 1.807) is 0 Å². The molecule has 1 atom stereocenters. The van der Waals surface area contributed by atoms with E-state index in [0.717, 1.165) is 6.07 Å². The summed E-state index contributed by atoms with van der Waals surface area (Å²) in [6.07, 6.45) is -4.49. The van der Waals surface area contributed by atoms with E-state index in [-0.39, 0.29) is 13.2 Å². The molecule has 0 saturated heterocycles. The fourth-order valence-corrected chi connectivity index (χ4v) is 0.560. The van der Waals surface area contributed by atoms with E-state index in [0.29, 0.717) is 0 Å². The standard InChI is InChI=1S/C6H9F3N2O/c7-6(8,9)5(3-10)4-11-1-2-12/h5,11-12H,1-2,4H2. The molecule has 70 valence electrons. The molecular formula is C6H9F3N2O. The minimum atomic E-state index is -4.49. The second kappa shape index (κ2) is 4.95. The van der Waals surface area contributed by atoms with Gasteiger partial charge < -0.3 is 10.4 Å². The van der Waals surface area contributed by atoms with Gasteiger partial charge in [0, 0.05) is 13.1 Å². The lowest BCUT2D eigenvalue weighted by atomic mass is 10.1. The largest absolute Gasteiger partial charge is 0.405 e. The van der Waals surface area contributed by atoms with Crippen molar-refractivity contribution in [2.45, 2.75) is 6.18 Å². The zero-order valence-electron chi connectivity index (χ0n) is 6.23. The maximum Gasteiger partial charge on any atom is 0.405 e. The van der Waals surface area contributed by atoms with Gasteiger partial charge in [-0.3, -0.25) is 0 Å². The maximum atomic E-state index is 11.8. The van der Waals surface area contributed by atoms with Crippen LogP contribution in [-0.4, -0.2) is 31.0 Å². The lowest BCUT2D eigenvalue weighted by molar-refractivity contribution is -0.157. The van der Waals surface area contributed by atoms with E-state index in [4.69, 9.17) is 10.4 Å². The fourth-order valence-electron chi connectivity index (χ4n) is 0.560. The minimum absolute atomic E-state index is 0.0637. The average molecular weight is 182 g/mol. The van der Waals surface area contributed by atoms with E-state index >= 15 is 0 Å². The van der Waals surface area contributed by atoms with Crippen LogP contribution in [0.15, 0.2) is 0 Å². The smallest absolute Gasteiger partial charge is 0.395 e. The van der Waals surface area contributed by atoms with Crippen LogP contribution in [0.5, 0.6) is 0 Å². The predicted octanol–water partition coefficient (Wildman–Crippen LogP) is 0.270. The molecular weight excluding hydrogens is 173 g/mol. The van der Waals surface area contributed by atoms with Crippen LogP contribution in [0.2, 0.25) is 0 Å². The van der Waals surface area contributed by atoms with Crippen LogP contribution >= 0.6 is 0 Å². The van der Waals surface area contributed by atoms with Gasteiger partial charge in [-0.15, -0.1) is 0 Å². The van der Waals surface area contributed by atoms with Gasteiger partial charge in [0.05, 0.1) is 12.7 Å². The number of alkyl halides is 3. The number of aliphatic hydroxyl groups excluding tert-OH is 1. The molecule has 6 heteroatoms. The van der Waals surface area contributed by atoms with Crippen LogP contribution in [0.25, 0.3) is 0 Å². The van der Waals surface area contributed by atoms with Crippen LogP contribution in [0, 0.1) is 17.2 Å². The fraction of sp³-hybridized carbons (Fsp3) is 0.833. The lowest BCUT2D eigenvalue weighted by Crippen LogP contribution is -2.33. The van der Waals surface area contributed by atoms with Gasteiger partial charge in [-0.05, 0) is 0 Å². The van der Waals surface area contributed by atoms with Crippen molar-refractivity contribution in [3.8, 4) is 6.07 Å². The molecule has 0 aliphatic rings. The molecule has 0 aromatic heterocycles. The second-order valence-electron chi connectivity index (χ2n) is 2.15. The van der Waals surface area contributed by atoms with Gasteiger partial charge in [-0.25, -0.2) is 0 Å². The number of hydrogen-bond acceptors (Lipinski definition) is 3. The van der Waals surface area contributed by atoms with Crippen molar-refractivity contribution in [1.29, 1.82) is 5.26 Å². The molecule has 0 rings (SSSR count). The Hall–Kier alpha value is -0.800. The van der Waals surface area contributed by atoms with E-state index in [1.165, 1.54) is 0 Å². The Morgan fingerprint density at radius 3 is 2.42 bits per heavy atom. The number of nitriles is 1. The van der Waals surface area contributed by atoms with Gasteiger partial charge in [0.2, 0.25) is 0 Å². The Bertz CT molecular complexity index is 163. The van der Waals surface area contributed by atoms with Crippen LogP contribution in [-0.2, 0) is 0 Å². The Morgan fingerprint density at radius 1 is 1.50 bits per heavy atom. The molecule has 3 nitrogen and oxygen atoms in total. The molecule has 12 heavy (non-hydrogen) atoms. The Labute approximate surface area is 67.8 Å². The van der Waals surface area contributed by atoms with Crippen molar-refractivity contribution in [3.05, 3.63) is 0 Å². The number of nitrogens with zero attached hydrogens (tertiary/aromatic N) is 1. The van der Waals surface area contributed by atoms with Crippen LogP contribution in [0.1, 0.15) is 0 Å². The zero-order chi connectivity index (χ0) is 9.61. The summed E-state index contributed by atoms with van der Waals surface area (Å²) in [4.78, 5) is 0. The molecule has 0 amide bonds. The zero-order valence-corrected chi connectivity index (χ0v) is 6.23. The number of aliphatic hydroxyl groups is 1. The van der Waals surface area contributed by atoms with Gasteiger partial charge in [-0.1, -0.05) is 0 Å². The third-order valence-corrected chi connectivity index (χ3v) is 1.19. The topological polar surface area (TPSA) is 56.0 Å².